The number of ether oxygens (including phenoxy) is 1. The Hall–Kier alpha value is -2.99. The molecule has 6 heteroatoms. The van der Waals surface area contributed by atoms with Gasteiger partial charge in [0.2, 0.25) is 0 Å². The summed E-state index contributed by atoms with van der Waals surface area (Å²) in [7, 11) is 0. The van der Waals surface area contributed by atoms with Crippen LogP contribution in [0.2, 0.25) is 0 Å². The number of aryl methyl sites for hydroxylation is 1. The number of aromatic nitrogens is 1. The van der Waals surface area contributed by atoms with Crippen LogP contribution in [0.3, 0.4) is 0 Å². The number of benzene rings is 2. The van der Waals surface area contributed by atoms with Crippen molar-refractivity contribution in [3.8, 4) is 10.6 Å². The van der Waals surface area contributed by atoms with Gasteiger partial charge in [0.25, 0.3) is 5.91 Å². The molecule has 0 aliphatic carbocycles. The van der Waals surface area contributed by atoms with Crippen LogP contribution in [-0.2, 0) is 22.4 Å². The van der Waals surface area contributed by atoms with Crippen molar-refractivity contribution in [2.45, 2.75) is 32.7 Å². The quantitative estimate of drug-likeness (QED) is 0.585. The Labute approximate surface area is 174 Å². The number of para-hydroxylation sites is 1. The van der Waals surface area contributed by atoms with Crippen molar-refractivity contribution in [3.05, 3.63) is 70.7 Å². The van der Waals surface area contributed by atoms with E-state index < -0.39 is 5.97 Å². The highest BCUT2D eigenvalue weighted by atomic mass is 32.1. The van der Waals surface area contributed by atoms with Gasteiger partial charge in [-0.2, -0.15) is 0 Å². The minimum Gasteiger partial charge on any atom is -0.451 e. The first kappa shape index (κ1) is 19.3. The van der Waals surface area contributed by atoms with Crippen molar-refractivity contribution in [1.82, 2.24) is 4.98 Å². The number of esters is 1. The van der Waals surface area contributed by atoms with Gasteiger partial charge in [-0.25, -0.2) is 9.78 Å². The molecule has 0 saturated heterocycles. The number of hydrogen-bond donors (Lipinski definition) is 0. The first-order valence-electron chi connectivity index (χ1n) is 9.68. The molecular weight excluding hydrogens is 384 g/mol. The van der Waals surface area contributed by atoms with Gasteiger partial charge in [0.1, 0.15) is 5.01 Å². The topological polar surface area (TPSA) is 59.5 Å². The Morgan fingerprint density at radius 3 is 2.69 bits per heavy atom. The minimum atomic E-state index is -0.578. The van der Waals surface area contributed by atoms with Crippen LogP contribution in [0.1, 0.15) is 35.5 Å². The molecule has 29 heavy (non-hydrogen) atoms. The zero-order chi connectivity index (χ0) is 20.4. The average molecular weight is 407 g/mol. The predicted octanol–water partition coefficient (Wildman–Crippen LogP) is 4.51. The maximum atomic E-state index is 12.7. The Kier molecular flexibility index (Phi) is 5.45. The van der Waals surface area contributed by atoms with Gasteiger partial charge in [0.05, 0.1) is 0 Å². The molecule has 0 saturated carbocycles. The predicted molar refractivity (Wildman–Crippen MR) is 114 cm³/mol. The number of carbonyl (C=O) groups excluding carboxylic acids is 2. The van der Waals surface area contributed by atoms with E-state index in [1.807, 2.05) is 43.3 Å². The van der Waals surface area contributed by atoms with Gasteiger partial charge in [0.15, 0.2) is 12.3 Å². The maximum absolute atomic E-state index is 12.7. The highest BCUT2D eigenvalue weighted by molar-refractivity contribution is 7.13. The van der Waals surface area contributed by atoms with Crippen LogP contribution in [0.15, 0.2) is 53.9 Å². The van der Waals surface area contributed by atoms with Gasteiger partial charge in [-0.3, -0.25) is 4.79 Å². The second-order valence-electron chi connectivity index (χ2n) is 7.11. The van der Waals surface area contributed by atoms with Crippen LogP contribution in [-0.4, -0.2) is 29.5 Å². The lowest BCUT2D eigenvalue weighted by Crippen LogP contribution is -2.38. The van der Waals surface area contributed by atoms with Crippen molar-refractivity contribution < 1.29 is 14.3 Å². The molecule has 0 bridgehead atoms. The van der Waals surface area contributed by atoms with E-state index in [0.29, 0.717) is 0 Å². The molecule has 1 aromatic heterocycles. The number of fused-ring (bicyclic) bond motifs is 1. The zero-order valence-electron chi connectivity index (χ0n) is 16.4. The Balaban J connectivity index is 1.40. The maximum Gasteiger partial charge on any atom is 0.358 e. The smallest absolute Gasteiger partial charge is 0.358 e. The molecule has 0 fully saturated rings. The molecule has 3 aromatic rings. The highest BCUT2D eigenvalue weighted by Gasteiger charge is 2.31. The Morgan fingerprint density at radius 1 is 1.17 bits per heavy atom. The monoisotopic (exact) mass is 406 g/mol. The molecular formula is C23H22N2O3S. The number of rotatable bonds is 5. The van der Waals surface area contributed by atoms with Crippen LogP contribution < -0.4 is 4.90 Å². The summed E-state index contributed by atoms with van der Waals surface area (Å²) in [6.45, 7) is 3.81. The standard InChI is InChI=1S/C23H22N2O3S/c1-3-16-8-10-17(11-9-16)22-24-19(14-29-22)23(27)28-13-21(26)25-15(2)12-18-6-4-5-7-20(18)25/h4-11,14-15H,3,12-13H2,1-2H3/t15-/m0/s1. The fraction of sp³-hybridized carbons (Fsp3) is 0.261. The number of thiazole rings is 1. The normalized spacial score (nSPS) is 15.2. The molecule has 2 heterocycles. The average Bonchev–Trinajstić information content (AvgIpc) is 3.36. The Morgan fingerprint density at radius 2 is 1.93 bits per heavy atom. The summed E-state index contributed by atoms with van der Waals surface area (Å²) in [4.78, 5) is 31.2. The van der Waals surface area contributed by atoms with Gasteiger partial charge in [-0.15, -0.1) is 11.3 Å². The van der Waals surface area contributed by atoms with Crippen molar-refractivity contribution >= 4 is 28.9 Å². The lowest BCUT2D eigenvalue weighted by Gasteiger charge is -2.22. The number of amides is 1. The number of anilines is 1. The molecule has 0 spiro atoms. The van der Waals surface area contributed by atoms with Gasteiger partial charge in [-0.1, -0.05) is 49.4 Å². The van der Waals surface area contributed by atoms with Crippen LogP contribution in [0, 0.1) is 0 Å². The molecule has 2 aromatic carbocycles. The van der Waals surface area contributed by atoms with E-state index in [-0.39, 0.29) is 24.2 Å². The lowest BCUT2D eigenvalue weighted by atomic mass is 10.1. The van der Waals surface area contributed by atoms with Crippen molar-refractivity contribution in [2.24, 2.45) is 0 Å². The molecule has 4 rings (SSSR count). The van der Waals surface area contributed by atoms with E-state index in [4.69, 9.17) is 4.74 Å². The van der Waals surface area contributed by atoms with Gasteiger partial charge < -0.3 is 9.64 Å². The fourth-order valence-corrected chi connectivity index (χ4v) is 4.39. The van der Waals surface area contributed by atoms with Crippen LogP contribution in [0.4, 0.5) is 5.69 Å². The molecule has 1 amide bonds. The van der Waals surface area contributed by atoms with Crippen LogP contribution in [0.25, 0.3) is 10.6 Å². The van der Waals surface area contributed by atoms with E-state index in [9.17, 15) is 9.59 Å². The van der Waals surface area contributed by atoms with Crippen LogP contribution in [0.5, 0.6) is 0 Å². The third kappa shape index (κ3) is 3.93. The van der Waals surface area contributed by atoms with E-state index >= 15 is 0 Å². The third-order valence-electron chi connectivity index (χ3n) is 5.13. The summed E-state index contributed by atoms with van der Waals surface area (Å²) in [5, 5.41) is 2.43. The van der Waals surface area contributed by atoms with Gasteiger partial charge in [-0.05, 0) is 37.0 Å². The number of hydrogen-bond acceptors (Lipinski definition) is 5. The molecule has 0 N–H and O–H groups in total. The first-order chi connectivity index (χ1) is 14.1. The molecule has 0 radical (unpaired) electrons. The van der Waals surface area contributed by atoms with E-state index in [0.717, 1.165) is 34.7 Å². The van der Waals surface area contributed by atoms with Gasteiger partial charge in [0, 0.05) is 22.7 Å². The summed E-state index contributed by atoms with van der Waals surface area (Å²) in [6, 6.07) is 16.0. The van der Waals surface area contributed by atoms with E-state index in [2.05, 4.69) is 24.0 Å². The fourth-order valence-electron chi connectivity index (χ4n) is 3.60. The molecule has 1 atom stereocenters. The number of carbonyl (C=O) groups is 2. The van der Waals surface area contributed by atoms with E-state index in [1.54, 1.807) is 10.3 Å². The van der Waals surface area contributed by atoms with Gasteiger partial charge >= 0.3 is 5.97 Å². The molecule has 148 valence electrons. The zero-order valence-corrected chi connectivity index (χ0v) is 17.2. The van der Waals surface area contributed by atoms with E-state index in [1.165, 1.54) is 16.9 Å². The van der Waals surface area contributed by atoms with Crippen molar-refractivity contribution in [3.63, 3.8) is 0 Å². The second-order valence-corrected chi connectivity index (χ2v) is 7.97. The summed E-state index contributed by atoms with van der Waals surface area (Å²) < 4.78 is 5.27. The summed E-state index contributed by atoms with van der Waals surface area (Å²) in [5.74, 6) is -0.799. The SMILES string of the molecule is CCc1ccc(-c2nc(C(=O)OCC(=O)N3c4ccccc4C[C@@H]3C)cs2)cc1. The number of nitrogens with zero attached hydrogens (tertiary/aromatic N) is 2. The molecule has 1 aliphatic heterocycles. The van der Waals surface area contributed by atoms with Crippen molar-refractivity contribution in [2.75, 3.05) is 11.5 Å². The Bertz CT molecular complexity index is 1040. The summed E-state index contributed by atoms with van der Waals surface area (Å²) in [6.07, 6.45) is 1.78. The minimum absolute atomic E-state index is 0.0515. The highest BCUT2D eigenvalue weighted by Crippen LogP contribution is 2.32. The van der Waals surface area contributed by atoms with Crippen LogP contribution >= 0.6 is 11.3 Å². The molecule has 5 nitrogen and oxygen atoms in total. The molecule has 0 unspecified atom stereocenters. The third-order valence-corrected chi connectivity index (χ3v) is 6.02. The summed E-state index contributed by atoms with van der Waals surface area (Å²) >= 11 is 1.39. The largest absolute Gasteiger partial charge is 0.451 e. The van der Waals surface area contributed by atoms with Crippen molar-refractivity contribution in [1.29, 1.82) is 0 Å². The summed E-state index contributed by atoms with van der Waals surface area (Å²) in [5.41, 5.74) is 4.48. The lowest BCUT2D eigenvalue weighted by molar-refractivity contribution is -0.122. The first-order valence-corrected chi connectivity index (χ1v) is 10.6. The molecule has 1 aliphatic rings. The second kappa shape index (κ2) is 8.17.